The number of nitrogens with zero attached hydrogens (tertiary/aromatic N) is 1. The zero-order chi connectivity index (χ0) is 12.1. The molecule has 0 unspecified atom stereocenters. The van der Waals surface area contributed by atoms with Gasteiger partial charge in [0.05, 0.1) is 12.4 Å². The summed E-state index contributed by atoms with van der Waals surface area (Å²) in [7, 11) is 0. The van der Waals surface area contributed by atoms with Gasteiger partial charge in [-0.25, -0.2) is 9.78 Å². The molecule has 0 spiro atoms. The average Bonchev–Trinajstić information content (AvgIpc) is 2.68. The van der Waals surface area contributed by atoms with Gasteiger partial charge in [-0.2, -0.15) is 0 Å². The van der Waals surface area contributed by atoms with Crippen LogP contribution in [0, 0.1) is 0 Å². The van der Waals surface area contributed by atoms with E-state index in [1.807, 2.05) is 0 Å². The molecule has 8 heteroatoms. The molecular weight excluding hydrogens is 278 g/mol. The van der Waals surface area contributed by atoms with Crippen molar-refractivity contribution in [2.24, 2.45) is 5.73 Å². The van der Waals surface area contributed by atoms with Gasteiger partial charge in [0.15, 0.2) is 0 Å². The first-order chi connectivity index (χ1) is 7.50. The van der Waals surface area contributed by atoms with E-state index in [4.69, 9.17) is 10.8 Å². The van der Waals surface area contributed by atoms with E-state index in [1.165, 1.54) is 19.4 Å². The summed E-state index contributed by atoms with van der Waals surface area (Å²) in [5, 5.41) is 11.3. The number of H-pyrrole nitrogens is 1. The van der Waals surface area contributed by atoms with Crippen molar-refractivity contribution < 1.29 is 34.2 Å². The van der Waals surface area contributed by atoms with Crippen molar-refractivity contribution in [2.45, 2.75) is 25.4 Å². The van der Waals surface area contributed by atoms with Crippen LogP contribution in [-0.2, 0) is 35.5 Å². The third-order valence-electron chi connectivity index (χ3n) is 2.01. The first-order valence-corrected chi connectivity index (χ1v) is 4.76. The first kappa shape index (κ1) is 15.7. The minimum atomic E-state index is -1.11. The molecule has 0 saturated carbocycles. The molecule has 0 fully saturated rings. The summed E-state index contributed by atoms with van der Waals surface area (Å²) < 4.78 is 0. The molecule has 1 rings (SSSR count). The third-order valence-corrected chi connectivity index (χ3v) is 2.01. The molecule has 0 radical (unpaired) electrons. The van der Waals surface area contributed by atoms with Crippen LogP contribution in [0.5, 0.6) is 0 Å². The SMILES string of the molecule is C[C@H](N)C(=O)N[C@@H](Cc1cnc[nH]1)C(=O)O.[Zn]. The van der Waals surface area contributed by atoms with Gasteiger partial charge in [-0.3, -0.25) is 4.79 Å². The van der Waals surface area contributed by atoms with E-state index < -0.39 is 24.0 Å². The van der Waals surface area contributed by atoms with Crippen molar-refractivity contribution >= 4 is 11.9 Å². The number of nitrogens with one attached hydrogen (secondary N) is 2. The van der Waals surface area contributed by atoms with Crippen molar-refractivity contribution in [3.63, 3.8) is 0 Å². The van der Waals surface area contributed by atoms with Gasteiger partial charge < -0.3 is 21.1 Å². The Bertz CT molecular complexity index is 366. The first-order valence-electron chi connectivity index (χ1n) is 4.76. The van der Waals surface area contributed by atoms with Crippen molar-refractivity contribution in [3.05, 3.63) is 18.2 Å². The molecule has 1 heterocycles. The normalized spacial score (nSPS) is 13.3. The van der Waals surface area contributed by atoms with Gasteiger partial charge in [0.1, 0.15) is 6.04 Å². The molecule has 5 N–H and O–H groups in total. The predicted molar refractivity (Wildman–Crippen MR) is 55.5 cm³/mol. The number of hydrogen-bond acceptors (Lipinski definition) is 4. The maximum atomic E-state index is 11.3. The second-order valence-corrected chi connectivity index (χ2v) is 3.47. The van der Waals surface area contributed by atoms with Gasteiger partial charge in [0.25, 0.3) is 0 Å². The number of imidazole rings is 1. The number of carbonyl (C=O) groups excluding carboxylic acids is 1. The summed E-state index contributed by atoms with van der Waals surface area (Å²) in [5.74, 6) is -1.60. The molecule has 0 saturated heterocycles. The standard InChI is InChI=1S/C9H14N4O3.Zn/c1-5(10)8(14)13-7(9(15)16)2-6-3-11-4-12-6;/h3-5,7H,2,10H2,1H3,(H,11,12)(H,13,14)(H,15,16);/t5-,7-;/m0./s1. The minimum Gasteiger partial charge on any atom is -0.480 e. The molecule has 0 aliphatic heterocycles. The Labute approximate surface area is 111 Å². The smallest absolute Gasteiger partial charge is 0.326 e. The minimum absolute atomic E-state index is 0. The number of carboxylic acids is 1. The summed E-state index contributed by atoms with van der Waals surface area (Å²) in [5.41, 5.74) is 5.97. The molecule has 1 aromatic rings. The van der Waals surface area contributed by atoms with Gasteiger partial charge in [0.2, 0.25) is 5.91 Å². The van der Waals surface area contributed by atoms with E-state index in [9.17, 15) is 9.59 Å². The number of amides is 1. The summed E-state index contributed by atoms with van der Waals surface area (Å²) in [6.45, 7) is 1.49. The van der Waals surface area contributed by atoms with Gasteiger partial charge in [0, 0.05) is 37.8 Å². The number of carboxylic acid groups (broad SMARTS) is 1. The van der Waals surface area contributed by atoms with E-state index in [1.54, 1.807) is 0 Å². The Balaban J connectivity index is 0.00000256. The molecule has 1 amide bonds. The number of aromatic nitrogens is 2. The van der Waals surface area contributed by atoms with Crippen molar-refractivity contribution in [1.82, 2.24) is 15.3 Å². The van der Waals surface area contributed by atoms with Crippen molar-refractivity contribution in [1.29, 1.82) is 0 Å². The van der Waals surface area contributed by atoms with E-state index in [0.717, 1.165) is 0 Å². The molecule has 0 aromatic carbocycles. The van der Waals surface area contributed by atoms with Crippen molar-refractivity contribution in [2.75, 3.05) is 0 Å². The topological polar surface area (TPSA) is 121 Å². The largest absolute Gasteiger partial charge is 0.480 e. The fourth-order valence-electron chi connectivity index (χ4n) is 1.12. The summed E-state index contributed by atoms with van der Waals surface area (Å²) in [6.07, 6.45) is 3.10. The number of aliphatic carboxylic acids is 1. The van der Waals surface area contributed by atoms with E-state index in [0.29, 0.717) is 5.69 Å². The maximum Gasteiger partial charge on any atom is 0.326 e. The number of hydrogen-bond donors (Lipinski definition) is 4. The Morgan fingerprint density at radius 2 is 2.29 bits per heavy atom. The zero-order valence-electron chi connectivity index (χ0n) is 9.51. The Morgan fingerprint density at radius 1 is 1.65 bits per heavy atom. The number of rotatable bonds is 5. The fraction of sp³-hybridized carbons (Fsp3) is 0.444. The molecule has 90 valence electrons. The second kappa shape index (κ2) is 7.14. The third kappa shape index (κ3) is 5.06. The summed E-state index contributed by atoms with van der Waals surface area (Å²) >= 11 is 0. The molecule has 0 aliphatic carbocycles. The fourth-order valence-corrected chi connectivity index (χ4v) is 1.12. The van der Waals surface area contributed by atoms with E-state index >= 15 is 0 Å². The van der Waals surface area contributed by atoms with Crippen LogP contribution in [0.4, 0.5) is 0 Å². The molecule has 1 aromatic heterocycles. The van der Waals surface area contributed by atoms with Gasteiger partial charge >= 0.3 is 5.97 Å². The Hall–Kier alpha value is -1.27. The number of aromatic amines is 1. The number of nitrogens with two attached hydrogens (primary N) is 1. The average molecular weight is 292 g/mol. The van der Waals surface area contributed by atoms with Crippen LogP contribution in [0.2, 0.25) is 0 Å². The molecule has 7 nitrogen and oxygen atoms in total. The Morgan fingerprint density at radius 3 is 2.71 bits per heavy atom. The summed E-state index contributed by atoms with van der Waals surface area (Å²) in [4.78, 5) is 28.7. The Kier molecular flexibility index (Phi) is 6.60. The summed E-state index contributed by atoms with van der Waals surface area (Å²) in [6, 6.07) is -1.73. The molecule has 0 aliphatic rings. The van der Waals surface area contributed by atoms with Crippen molar-refractivity contribution in [3.8, 4) is 0 Å². The molecular formula is C9H14N4O3Zn. The predicted octanol–water partition coefficient (Wildman–Crippen LogP) is -1.13. The van der Waals surface area contributed by atoms with Crippen LogP contribution in [0.15, 0.2) is 12.5 Å². The van der Waals surface area contributed by atoms with Crippen LogP contribution in [0.3, 0.4) is 0 Å². The van der Waals surface area contributed by atoms with Crippen LogP contribution < -0.4 is 11.1 Å². The van der Waals surface area contributed by atoms with Crippen LogP contribution >= 0.6 is 0 Å². The van der Waals surface area contributed by atoms with Crippen LogP contribution in [0.25, 0.3) is 0 Å². The maximum absolute atomic E-state index is 11.3. The molecule has 2 atom stereocenters. The second-order valence-electron chi connectivity index (χ2n) is 3.47. The quantitative estimate of drug-likeness (QED) is 0.511. The molecule has 17 heavy (non-hydrogen) atoms. The number of carbonyl (C=O) groups is 2. The zero-order valence-corrected chi connectivity index (χ0v) is 12.5. The van der Waals surface area contributed by atoms with Crippen LogP contribution in [0.1, 0.15) is 12.6 Å². The van der Waals surface area contributed by atoms with E-state index in [-0.39, 0.29) is 25.9 Å². The van der Waals surface area contributed by atoms with E-state index in [2.05, 4.69) is 15.3 Å². The monoisotopic (exact) mass is 290 g/mol. The van der Waals surface area contributed by atoms with Gasteiger partial charge in [-0.1, -0.05) is 0 Å². The van der Waals surface area contributed by atoms with Gasteiger partial charge in [-0.15, -0.1) is 0 Å². The molecule has 0 bridgehead atoms. The van der Waals surface area contributed by atoms with Crippen LogP contribution in [-0.4, -0.2) is 39.0 Å². The van der Waals surface area contributed by atoms with Gasteiger partial charge in [-0.05, 0) is 6.92 Å².